The summed E-state index contributed by atoms with van der Waals surface area (Å²) in [4.78, 5) is 27.1. The van der Waals surface area contributed by atoms with Crippen LogP contribution < -0.4 is 9.80 Å². The minimum Gasteiger partial charge on any atom is -0.370 e. The van der Waals surface area contributed by atoms with E-state index in [0.717, 1.165) is 24.5 Å². The van der Waals surface area contributed by atoms with E-state index < -0.39 is 11.2 Å². The van der Waals surface area contributed by atoms with Crippen molar-refractivity contribution in [3.63, 3.8) is 0 Å². The number of hydrogen-bond donors (Lipinski definition) is 0. The first kappa shape index (κ1) is 14.7. The zero-order chi connectivity index (χ0) is 15.0. The van der Waals surface area contributed by atoms with Gasteiger partial charge in [0.1, 0.15) is 0 Å². The van der Waals surface area contributed by atoms with Crippen LogP contribution in [0.5, 0.6) is 0 Å². The Morgan fingerprint density at radius 2 is 1.95 bits per heavy atom. The molecule has 4 nitrogen and oxygen atoms in total. The maximum absolute atomic E-state index is 12.0. The predicted octanol–water partition coefficient (Wildman–Crippen LogP) is 3.06. The van der Waals surface area contributed by atoms with Crippen molar-refractivity contribution in [2.75, 3.05) is 29.4 Å². The molecular formula is C15H16Cl2N2O2. The van der Waals surface area contributed by atoms with E-state index >= 15 is 0 Å². The fourth-order valence-corrected chi connectivity index (χ4v) is 3.43. The number of hydrogen-bond acceptors (Lipinski definition) is 3. The number of halogens is 2. The van der Waals surface area contributed by atoms with Gasteiger partial charge >= 0.3 is 0 Å². The molecule has 2 aliphatic heterocycles. The largest absolute Gasteiger partial charge is 0.370 e. The average Bonchev–Trinajstić information content (AvgIpc) is 3.07. The molecule has 0 unspecified atom stereocenters. The third-order valence-electron chi connectivity index (χ3n) is 4.14. The molecule has 2 saturated heterocycles. The highest BCUT2D eigenvalue weighted by molar-refractivity contribution is 6.64. The predicted molar refractivity (Wildman–Crippen MR) is 84.2 cm³/mol. The van der Waals surface area contributed by atoms with Gasteiger partial charge in [0.15, 0.2) is 0 Å². The molecule has 21 heavy (non-hydrogen) atoms. The summed E-state index contributed by atoms with van der Waals surface area (Å²) in [6.07, 6.45) is 2.54. The molecule has 1 atom stereocenters. The monoisotopic (exact) mass is 326 g/mol. The van der Waals surface area contributed by atoms with Gasteiger partial charge in [-0.15, -0.1) is 0 Å². The smallest absolute Gasteiger partial charge is 0.227 e. The Balaban J connectivity index is 1.82. The van der Waals surface area contributed by atoms with Gasteiger partial charge in [-0.1, -0.05) is 11.6 Å². The summed E-state index contributed by atoms with van der Waals surface area (Å²) in [5.74, 6) is -0.504. The van der Waals surface area contributed by atoms with Crippen molar-refractivity contribution < 1.29 is 9.59 Å². The highest BCUT2D eigenvalue weighted by atomic mass is 35.5. The van der Waals surface area contributed by atoms with Gasteiger partial charge in [0.05, 0.1) is 16.6 Å². The minimum atomic E-state index is -0.453. The molecule has 2 fully saturated rings. The van der Waals surface area contributed by atoms with E-state index in [0.29, 0.717) is 11.6 Å². The molecule has 2 aliphatic rings. The molecule has 0 aliphatic carbocycles. The molecular weight excluding hydrogens is 311 g/mol. The molecule has 6 heteroatoms. The summed E-state index contributed by atoms with van der Waals surface area (Å²) in [5, 5.41) is 0.188. The van der Waals surface area contributed by atoms with E-state index in [2.05, 4.69) is 4.90 Å². The van der Waals surface area contributed by atoms with E-state index in [1.54, 1.807) is 11.0 Å². The van der Waals surface area contributed by atoms with E-state index in [4.69, 9.17) is 23.2 Å². The van der Waals surface area contributed by atoms with Gasteiger partial charge in [0.25, 0.3) is 0 Å². The van der Waals surface area contributed by atoms with Crippen LogP contribution in [0.2, 0.25) is 5.02 Å². The normalized spacial score (nSPS) is 22.2. The summed E-state index contributed by atoms with van der Waals surface area (Å²) < 4.78 is 0. The Kier molecular flexibility index (Phi) is 4.09. The lowest BCUT2D eigenvalue weighted by Gasteiger charge is -2.22. The number of carbonyl (C=O) groups is 2. The van der Waals surface area contributed by atoms with E-state index in [1.807, 2.05) is 12.1 Å². The Bertz CT molecular complexity index is 585. The minimum absolute atomic E-state index is 0.0843. The van der Waals surface area contributed by atoms with Crippen LogP contribution in [0.4, 0.5) is 11.4 Å². The molecule has 0 spiro atoms. The molecule has 0 N–H and O–H groups in total. The lowest BCUT2D eigenvalue weighted by molar-refractivity contribution is -0.120. The standard InChI is InChI=1S/C15H16Cl2N2O2/c16-12-8-11(3-4-13(12)18-5-1-2-6-18)19-9-10(15(17)21)7-14(19)20/h3-4,8,10H,1-2,5-7,9H2/t10-/m0/s1. The summed E-state index contributed by atoms with van der Waals surface area (Å²) in [7, 11) is 0. The van der Waals surface area contributed by atoms with Gasteiger partial charge in [-0.3, -0.25) is 9.59 Å². The molecule has 0 saturated carbocycles. The van der Waals surface area contributed by atoms with Crippen LogP contribution in [0.3, 0.4) is 0 Å². The van der Waals surface area contributed by atoms with E-state index in [9.17, 15) is 9.59 Å². The zero-order valence-corrected chi connectivity index (χ0v) is 13.0. The first-order chi connectivity index (χ1) is 10.1. The number of carbonyl (C=O) groups excluding carboxylic acids is 2. The van der Waals surface area contributed by atoms with Crippen molar-refractivity contribution in [1.82, 2.24) is 0 Å². The van der Waals surface area contributed by atoms with Crippen molar-refractivity contribution in [2.24, 2.45) is 5.92 Å². The van der Waals surface area contributed by atoms with E-state index in [-0.39, 0.29) is 12.3 Å². The second-order valence-corrected chi connectivity index (χ2v) is 6.32. The molecule has 1 amide bonds. The highest BCUT2D eigenvalue weighted by Gasteiger charge is 2.34. The van der Waals surface area contributed by atoms with Crippen LogP contribution in [0.15, 0.2) is 18.2 Å². The zero-order valence-electron chi connectivity index (χ0n) is 11.5. The lowest BCUT2D eigenvalue weighted by Crippen LogP contribution is -2.25. The Labute approximate surface area is 133 Å². The Hall–Kier alpha value is -1.26. The van der Waals surface area contributed by atoms with Crippen LogP contribution in [0.1, 0.15) is 19.3 Å². The molecule has 0 radical (unpaired) electrons. The van der Waals surface area contributed by atoms with Gasteiger partial charge in [-0.2, -0.15) is 0 Å². The van der Waals surface area contributed by atoms with Crippen molar-refractivity contribution in [1.29, 1.82) is 0 Å². The second-order valence-electron chi connectivity index (χ2n) is 5.54. The fourth-order valence-electron chi connectivity index (χ4n) is 2.99. The van der Waals surface area contributed by atoms with Gasteiger partial charge in [-0.05, 0) is 42.6 Å². The Morgan fingerprint density at radius 1 is 1.24 bits per heavy atom. The molecule has 0 aromatic heterocycles. The number of nitrogens with zero attached hydrogens (tertiary/aromatic N) is 2. The fraction of sp³-hybridized carbons (Fsp3) is 0.467. The maximum Gasteiger partial charge on any atom is 0.227 e. The van der Waals surface area contributed by atoms with Gasteiger partial charge < -0.3 is 9.80 Å². The quantitative estimate of drug-likeness (QED) is 0.801. The molecule has 2 heterocycles. The second kappa shape index (κ2) is 5.85. The van der Waals surface area contributed by atoms with Crippen molar-refractivity contribution >= 4 is 45.7 Å². The average molecular weight is 327 g/mol. The molecule has 0 bridgehead atoms. The van der Waals surface area contributed by atoms with Crippen LogP contribution >= 0.6 is 23.2 Å². The lowest BCUT2D eigenvalue weighted by atomic mass is 10.1. The van der Waals surface area contributed by atoms with Crippen LogP contribution in [-0.4, -0.2) is 30.8 Å². The van der Waals surface area contributed by atoms with Gasteiger partial charge in [-0.25, -0.2) is 0 Å². The number of amides is 1. The van der Waals surface area contributed by atoms with E-state index in [1.165, 1.54) is 12.8 Å². The topological polar surface area (TPSA) is 40.6 Å². The van der Waals surface area contributed by atoms with Crippen LogP contribution in [-0.2, 0) is 9.59 Å². The molecule has 1 aromatic carbocycles. The third-order valence-corrected chi connectivity index (χ3v) is 4.75. The number of rotatable bonds is 3. The van der Waals surface area contributed by atoms with Crippen molar-refractivity contribution in [3.05, 3.63) is 23.2 Å². The van der Waals surface area contributed by atoms with Crippen molar-refractivity contribution in [2.45, 2.75) is 19.3 Å². The molecule has 112 valence electrons. The van der Waals surface area contributed by atoms with Crippen molar-refractivity contribution in [3.8, 4) is 0 Å². The van der Waals surface area contributed by atoms with Gasteiger partial charge in [0, 0.05) is 31.7 Å². The summed E-state index contributed by atoms with van der Waals surface area (Å²) in [5.41, 5.74) is 1.74. The molecule has 3 rings (SSSR count). The summed E-state index contributed by atoms with van der Waals surface area (Å²) in [6, 6.07) is 5.64. The Morgan fingerprint density at radius 3 is 2.52 bits per heavy atom. The first-order valence-corrected chi connectivity index (χ1v) is 7.86. The molecule has 1 aromatic rings. The number of benzene rings is 1. The first-order valence-electron chi connectivity index (χ1n) is 7.10. The maximum atomic E-state index is 12.0. The van der Waals surface area contributed by atoms with Crippen LogP contribution in [0, 0.1) is 5.92 Å². The highest BCUT2D eigenvalue weighted by Crippen LogP contribution is 2.34. The number of anilines is 2. The SMILES string of the molecule is O=C(Cl)[C@H]1CC(=O)N(c2ccc(N3CCCC3)c(Cl)c2)C1. The summed E-state index contributed by atoms with van der Waals surface area (Å²) >= 11 is 11.9. The van der Waals surface area contributed by atoms with Gasteiger partial charge in [0.2, 0.25) is 11.1 Å². The third kappa shape index (κ3) is 2.87. The van der Waals surface area contributed by atoms with Crippen LogP contribution in [0.25, 0.3) is 0 Å². The summed E-state index contributed by atoms with van der Waals surface area (Å²) in [6.45, 7) is 2.37.